The van der Waals surface area contributed by atoms with E-state index in [4.69, 9.17) is 19.2 Å². The molecule has 3 aromatic carbocycles. The van der Waals surface area contributed by atoms with Gasteiger partial charge in [-0.25, -0.2) is 9.67 Å². The molecule has 2 aromatic heterocycles. The number of hydrogen-bond donors (Lipinski definition) is 0. The number of hydrogen-bond acceptors (Lipinski definition) is 5. The van der Waals surface area contributed by atoms with Crippen LogP contribution in [0, 0.1) is 3.57 Å². The van der Waals surface area contributed by atoms with E-state index in [1.807, 2.05) is 89.1 Å². The highest BCUT2D eigenvalue weighted by Crippen LogP contribution is 2.29. The van der Waals surface area contributed by atoms with Gasteiger partial charge in [0.05, 0.1) is 13.3 Å². The van der Waals surface area contributed by atoms with E-state index in [2.05, 4.69) is 28.7 Å². The Morgan fingerprint density at radius 1 is 1.00 bits per heavy atom. The summed E-state index contributed by atoms with van der Waals surface area (Å²) in [4.78, 5) is 5.56. The monoisotopic (exact) mass is 551 g/mol. The molecule has 5 rings (SSSR count). The van der Waals surface area contributed by atoms with Crippen LogP contribution in [0.2, 0.25) is 0 Å². The van der Waals surface area contributed by atoms with E-state index >= 15 is 0 Å². The third-order valence-electron chi connectivity index (χ3n) is 4.88. The minimum atomic E-state index is 0.708. The highest BCUT2D eigenvalue weighted by molar-refractivity contribution is 14.1. The van der Waals surface area contributed by atoms with Gasteiger partial charge < -0.3 is 9.15 Å². The molecule has 0 amide bonds. The van der Waals surface area contributed by atoms with E-state index < -0.39 is 0 Å². The standard InChI is InChI=1S/C25H18IN3O2S/c1-30-23-13-7-5-11-20(23)28-25-29(27-15-18-9-2-4-10-19(18)26)21(16-32-25)24-14-17-8-3-6-12-22(17)31-24/h2-16H,1H3/b27-15+,28-25?. The molecule has 0 unspecified atom stereocenters. The van der Waals surface area contributed by atoms with Crippen LogP contribution in [-0.4, -0.2) is 18.0 Å². The van der Waals surface area contributed by atoms with Crippen LogP contribution >= 0.6 is 33.9 Å². The predicted octanol–water partition coefficient (Wildman–Crippen LogP) is 6.69. The van der Waals surface area contributed by atoms with Crippen molar-refractivity contribution in [3.63, 3.8) is 0 Å². The summed E-state index contributed by atoms with van der Waals surface area (Å²) in [5.41, 5.74) is 3.45. The fourth-order valence-electron chi connectivity index (χ4n) is 3.29. The van der Waals surface area contributed by atoms with Crippen molar-refractivity contribution in [3.05, 3.63) is 98.2 Å². The highest BCUT2D eigenvalue weighted by Gasteiger charge is 2.13. The van der Waals surface area contributed by atoms with Crippen molar-refractivity contribution in [2.75, 3.05) is 7.11 Å². The van der Waals surface area contributed by atoms with E-state index in [0.29, 0.717) is 10.6 Å². The Kier molecular flexibility index (Phi) is 5.91. The Hall–Kier alpha value is -3.17. The molecule has 158 valence electrons. The quantitative estimate of drug-likeness (QED) is 0.181. The third-order valence-corrected chi connectivity index (χ3v) is 6.68. The summed E-state index contributed by atoms with van der Waals surface area (Å²) < 4.78 is 14.5. The van der Waals surface area contributed by atoms with Gasteiger partial charge in [0, 0.05) is 19.9 Å². The molecule has 0 saturated carbocycles. The van der Waals surface area contributed by atoms with Crippen LogP contribution < -0.4 is 9.54 Å². The first kappa shape index (κ1) is 20.7. The first-order valence-electron chi connectivity index (χ1n) is 9.89. The summed E-state index contributed by atoms with van der Waals surface area (Å²) in [6, 6.07) is 25.8. The second-order valence-corrected chi connectivity index (χ2v) is 8.91. The summed E-state index contributed by atoms with van der Waals surface area (Å²) >= 11 is 3.81. The lowest BCUT2D eigenvalue weighted by Crippen LogP contribution is -2.11. The van der Waals surface area contributed by atoms with Crippen LogP contribution in [0.1, 0.15) is 5.56 Å². The number of furan rings is 1. The number of nitrogens with zero attached hydrogens (tertiary/aromatic N) is 3. The number of thiazole rings is 1. The lowest BCUT2D eigenvalue weighted by Gasteiger charge is -2.04. The molecule has 0 bridgehead atoms. The van der Waals surface area contributed by atoms with Gasteiger partial charge in [-0.1, -0.05) is 48.5 Å². The zero-order valence-corrected chi connectivity index (χ0v) is 20.1. The molecule has 0 spiro atoms. The lowest BCUT2D eigenvalue weighted by molar-refractivity contribution is 0.416. The summed E-state index contributed by atoms with van der Waals surface area (Å²) in [7, 11) is 1.64. The Morgan fingerprint density at radius 3 is 2.62 bits per heavy atom. The van der Waals surface area contributed by atoms with Crippen LogP contribution in [0.15, 0.2) is 98.8 Å². The number of methoxy groups -OCH3 is 1. The number of fused-ring (bicyclic) bond motifs is 1. The molecule has 0 aliphatic carbocycles. The SMILES string of the molecule is COc1ccccc1N=c1scc(-c2cc3ccccc3o2)n1/N=C/c1ccccc1I. The smallest absolute Gasteiger partial charge is 0.211 e. The molecule has 32 heavy (non-hydrogen) atoms. The van der Waals surface area contributed by atoms with Gasteiger partial charge in [-0.15, -0.1) is 11.3 Å². The maximum Gasteiger partial charge on any atom is 0.211 e. The van der Waals surface area contributed by atoms with Gasteiger partial charge in [-0.05, 0) is 52.9 Å². The molecule has 0 radical (unpaired) electrons. The van der Waals surface area contributed by atoms with Gasteiger partial charge in [-0.3, -0.25) is 0 Å². The van der Waals surface area contributed by atoms with Gasteiger partial charge in [0.25, 0.3) is 0 Å². The van der Waals surface area contributed by atoms with Gasteiger partial charge >= 0.3 is 0 Å². The molecule has 5 aromatic rings. The second kappa shape index (κ2) is 9.13. The fraction of sp³-hybridized carbons (Fsp3) is 0.0400. The largest absolute Gasteiger partial charge is 0.494 e. The number of benzene rings is 3. The van der Waals surface area contributed by atoms with Crippen LogP contribution in [0.25, 0.3) is 22.4 Å². The maximum absolute atomic E-state index is 6.12. The molecule has 0 aliphatic rings. The predicted molar refractivity (Wildman–Crippen MR) is 138 cm³/mol. The molecule has 0 N–H and O–H groups in total. The molecule has 0 atom stereocenters. The molecule has 7 heteroatoms. The van der Waals surface area contributed by atoms with Crippen molar-refractivity contribution in [1.29, 1.82) is 0 Å². The maximum atomic E-state index is 6.12. The molecule has 0 fully saturated rings. The number of rotatable bonds is 5. The van der Waals surface area contributed by atoms with E-state index in [9.17, 15) is 0 Å². The number of halogens is 1. The Bertz CT molecular complexity index is 1460. The lowest BCUT2D eigenvalue weighted by atomic mass is 10.2. The summed E-state index contributed by atoms with van der Waals surface area (Å²) in [6.07, 6.45) is 1.85. The number of ether oxygens (including phenoxy) is 1. The van der Waals surface area contributed by atoms with Gasteiger partial charge in [0.1, 0.15) is 22.7 Å². The summed E-state index contributed by atoms with van der Waals surface area (Å²) in [5, 5.41) is 7.86. The fourth-order valence-corrected chi connectivity index (χ4v) is 4.65. The summed E-state index contributed by atoms with van der Waals surface area (Å²) in [5.74, 6) is 1.45. The molecular weight excluding hydrogens is 533 g/mol. The zero-order valence-electron chi connectivity index (χ0n) is 17.1. The van der Waals surface area contributed by atoms with Gasteiger partial charge in [-0.2, -0.15) is 5.10 Å². The van der Waals surface area contributed by atoms with Gasteiger partial charge in [0.2, 0.25) is 4.80 Å². The van der Waals surface area contributed by atoms with Crippen molar-refractivity contribution >= 4 is 56.8 Å². The highest BCUT2D eigenvalue weighted by atomic mass is 127. The van der Waals surface area contributed by atoms with Crippen LogP contribution in [0.4, 0.5) is 5.69 Å². The first-order valence-corrected chi connectivity index (χ1v) is 11.8. The second-order valence-electron chi connectivity index (χ2n) is 6.91. The van der Waals surface area contributed by atoms with Crippen molar-refractivity contribution < 1.29 is 9.15 Å². The average Bonchev–Trinajstić information content (AvgIpc) is 3.42. The van der Waals surface area contributed by atoms with Crippen LogP contribution in [-0.2, 0) is 0 Å². The van der Waals surface area contributed by atoms with Crippen molar-refractivity contribution in [2.45, 2.75) is 0 Å². The molecule has 2 heterocycles. The molecule has 5 nitrogen and oxygen atoms in total. The van der Waals surface area contributed by atoms with Crippen LogP contribution in [0.3, 0.4) is 0 Å². The minimum absolute atomic E-state index is 0.708. The van der Waals surface area contributed by atoms with Crippen molar-refractivity contribution in [3.8, 4) is 17.2 Å². The van der Waals surface area contributed by atoms with Crippen molar-refractivity contribution in [2.24, 2.45) is 10.1 Å². The van der Waals surface area contributed by atoms with E-state index in [0.717, 1.165) is 37.2 Å². The number of para-hydroxylation sites is 3. The van der Waals surface area contributed by atoms with E-state index in [1.54, 1.807) is 7.11 Å². The molecule has 0 aliphatic heterocycles. The topological polar surface area (TPSA) is 52.0 Å². The normalized spacial score (nSPS) is 12.1. The first-order chi connectivity index (χ1) is 15.7. The Balaban J connectivity index is 1.69. The zero-order chi connectivity index (χ0) is 21.9. The van der Waals surface area contributed by atoms with Gasteiger partial charge in [0.15, 0.2) is 5.76 Å². The Labute approximate surface area is 202 Å². The molecular formula is C25H18IN3O2S. The molecule has 0 saturated heterocycles. The minimum Gasteiger partial charge on any atom is -0.494 e. The van der Waals surface area contributed by atoms with Crippen molar-refractivity contribution in [1.82, 2.24) is 4.68 Å². The van der Waals surface area contributed by atoms with E-state index in [-0.39, 0.29) is 0 Å². The van der Waals surface area contributed by atoms with Crippen LogP contribution in [0.5, 0.6) is 5.75 Å². The average molecular weight is 551 g/mol. The number of aromatic nitrogens is 1. The van der Waals surface area contributed by atoms with E-state index in [1.165, 1.54) is 11.3 Å². The summed E-state index contributed by atoms with van der Waals surface area (Å²) in [6.45, 7) is 0. The third kappa shape index (κ3) is 4.13. The Morgan fingerprint density at radius 2 is 1.78 bits per heavy atom.